The Hall–Kier alpha value is -1.38. The van der Waals surface area contributed by atoms with Crippen molar-refractivity contribution in [2.45, 2.75) is 25.3 Å². The van der Waals surface area contributed by atoms with Gasteiger partial charge in [-0.3, -0.25) is 0 Å². The van der Waals surface area contributed by atoms with Crippen LogP contribution in [0.1, 0.15) is 36.4 Å². The molecule has 1 aliphatic rings. The molecule has 2 aromatic carbocycles. The van der Waals surface area contributed by atoms with E-state index >= 15 is 0 Å². The predicted molar refractivity (Wildman–Crippen MR) is 85.1 cm³/mol. The van der Waals surface area contributed by atoms with E-state index in [1.54, 1.807) is 12.1 Å². The standard InChI is InChI=1S/C18H19ClFN/c1-2-21-18(17-15(19)9-6-10-16(17)20)14-11-13(14)12-7-4-3-5-8-12/h3-10,13-14,18,21H,2,11H2,1H3. The van der Waals surface area contributed by atoms with Crippen molar-refractivity contribution < 1.29 is 4.39 Å². The van der Waals surface area contributed by atoms with Gasteiger partial charge in [0.15, 0.2) is 0 Å². The maximum Gasteiger partial charge on any atom is 0.129 e. The van der Waals surface area contributed by atoms with E-state index in [-0.39, 0.29) is 11.9 Å². The summed E-state index contributed by atoms with van der Waals surface area (Å²) < 4.78 is 14.2. The molecule has 3 atom stereocenters. The quantitative estimate of drug-likeness (QED) is 0.825. The van der Waals surface area contributed by atoms with Crippen LogP contribution in [0.15, 0.2) is 48.5 Å². The summed E-state index contributed by atoms with van der Waals surface area (Å²) in [6.07, 6.45) is 1.08. The highest BCUT2D eigenvalue weighted by Gasteiger charge is 2.45. The molecule has 1 fully saturated rings. The van der Waals surface area contributed by atoms with Gasteiger partial charge >= 0.3 is 0 Å². The smallest absolute Gasteiger partial charge is 0.129 e. The first kappa shape index (κ1) is 14.6. The van der Waals surface area contributed by atoms with Gasteiger partial charge in [0.05, 0.1) is 0 Å². The van der Waals surface area contributed by atoms with E-state index in [0.29, 0.717) is 22.4 Å². The number of rotatable bonds is 5. The third-order valence-corrected chi connectivity index (χ3v) is 4.56. The van der Waals surface area contributed by atoms with Gasteiger partial charge in [-0.15, -0.1) is 0 Å². The van der Waals surface area contributed by atoms with Crippen molar-refractivity contribution >= 4 is 11.6 Å². The molecule has 2 aromatic rings. The van der Waals surface area contributed by atoms with E-state index in [9.17, 15) is 4.39 Å². The first-order valence-corrected chi connectivity index (χ1v) is 7.82. The number of nitrogens with one attached hydrogen (secondary N) is 1. The fourth-order valence-corrected chi connectivity index (χ4v) is 3.44. The first-order chi connectivity index (χ1) is 10.2. The van der Waals surface area contributed by atoms with Crippen LogP contribution in [0.3, 0.4) is 0 Å². The maximum absolute atomic E-state index is 14.2. The second-order valence-electron chi connectivity index (χ2n) is 5.59. The van der Waals surface area contributed by atoms with Gasteiger partial charge in [-0.1, -0.05) is 54.9 Å². The third kappa shape index (κ3) is 2.97. The lowest BCUT2D eigenvalue weighted by molar-refractivity contribution is 0.462. The molecular weight excluding hydrogens is 285 g/mol. The van der Waals surface area contributed by atoms with Crippen molar-refractivity contribution in [1.29, 1.82) is 0 Å². The summed E-state index contributed by atoms with van der Waals surface area (Å²) in [7, 11) is 0. The van der Waals surface area contributed by atoms with Crippen LogP contribution >= 0.6 is 11.6 Å². The Morgan fingerprint density at radius 3 is 2.62 bits per heavy atom. The molecule has 0 spiro atoms. The lowest BCUT2D eigenvalue weighted by Crippen LogP contribution is -2.24. The van der Waals surface area contributed by atoms with Crippen LogP contribution in [0, 0.1) is 11.7 Å². The van der Waals surface area contributed by atoms with Crippen LogP contribution < -0.4 is 5.32 Å². The molecule has 3 rings (SSSR count). The topological polar surface area (TPSA) is 12.0 Å². The summed E-state index contributed by atoms with van der Waals surface area (Å²) in [6.45, 7) is 2.84. The summed E-state index contributed by atoms with van der Waals surface area (Å²) in [4.78, 5) is 0. The number of benzene rings is 2. The molecule has 0 heterocycles. The van der Waals surface area contributed by atoms with Crippen LogP contribution in [0.4, 0.5) is 4.39 Å². The molecule has 1 aliphatic carbocycles. The molecule has 0 radical (unpaired) electrons. The number of hydrogen-bond acceptors (Lipinski definition) is 1. The second kappa shape index (κ2) is 6.17. The van der Waals surface area contributed by atoms with E-state index in [1.165, 1.54) is 11.6 Å². The fraction of sp³-hybridized carbons (Fsp3) is 0.333. The normalized spacial score (nSPS) is 22.0. The van der Waals surface area contributed by atoms with Crippen LogP contribution in [0.2, 0.25) is 5.02 Å². The third-order valence-electron chi connectivity index (χ3n) is 4.23. The average Bonchev–Trinajstić information content (AvgIpc) is 3.27. The Morgan fingerprint density at radius 1 is 1.19 bits per heavy atom. The zero-order valence-electron chi connectivity index (χ0n) is 12.0. The molecule has 3 heteroatoms. The average molecular weight is 304 g/mol. The van der Waals surface area contributed by atoms with Crippen molar-refractivity contribution in [2.24, 2.45) is 5.92 Å². The zero-order chi connectivity index (χ0) is 14.8. The summed E-state index contributed by atoms with van der Waals surface area (Å²) in [5.74, 6) is 0.680. The van der Waals surface area contributed by atoms with Gasteiger partial charge in [0.25, 0.3) is 0 Å². The Bertz CT molecular complexity index is 594. The Balaban J connectivity index is 1.87. The summed E-state index contributed by atoms with van der Waals surface area (Å²) in [5, 5.41) is 3.93. The minimum absolute atomic E-state index is 0.0195. The molecule has 0 saturated heterocycles. The van der Waals surface area contributed by atoms with Gasteiger partial charge < -0.3 is 5.32 Å². The van der Waals surface area contributed by atoms with Crippen LogP contribution in [-0.2, 0) is 0 Å². The van der Waals surface area contributed by atoms with E-state index in [2.05, 4.69) is 29.6 Å². The highest BCUT2D eigenvalue weighted by Crippen LogP contribution is 2.55. The van der Waals surface area contributed by atoms with Gasteiger partial charge in [0.2, 0.25) is 0 Å². The van der Waals surface area contributed by atoms with Crippen molar-refractivity contribution in [2.75, 3.05) is 6.54 Å². The highest BCUT2D eigenvalue weighted by atomic mass is 35.5. The van der Waals surface area contributed by atoms with Crippen LogP contribution in [0.25, 0.3) is 0 Å². The summed E-state index contributed by atoms with van der Waals surface area (Å²) >= 11 is 6.25. The molecule has 1 nitrogen and oxygen atoms in total. The van der Waals surface area contributed by atoms with Crippen LogP contribution in [0.5, 0.6) is 0 Å². The minimum Gasteiger partial charge on any atom is -0.310 e. The van der Waals surface area contributed by atoms with Crippen molar-refractivity contribution in [3.63, 3.8) is 0 Å². The van der Waals surface area contributed by atoms with Gasteiger partial charge in [0, 0.05) is 16.6 Å². The van der Waals surface area contributed by atoms with Gasteiger partial charge in [0.1, 0.15) is 5.82 Å². The molecule has 0 aromatic heterocycles. The molecule has 1 saturated carbocycles. The Morgan fingerprint density at radius 2 is 1.95 bits per heavy atom. The Labute approximate surface area is 130 Å². The van der Waals surface area contributed by atoms with Crippen LogP contribution in [-0.4, -0.2) is 6.54 Å². The minimum atomic E-state index is -0.216. The molecular formula is C18H19ClFN. The highest BCUT2D eigenvalue weighted by molar-refractivity contribution is 6.31. The SMILES string of the molecule is CCNC(c1c(F)cccc1Cl)C1CC1c1ccccc1. The van der Waals surface area contributed by atoms with E-state index in [0.717, 1.165) is 13.0 Å². The monoisotopic (exact) mass is 303 g/mol. The molecule has 0 amide bonds. The lowest BCUT2D eigenvalue weighted by atomic mass is 9.98. The van der Waals surface area contributed by atoms with Crippen molar-refractivity contribution in [3.8, 4) is 0 Å². The first-order valence-electron chi connectivity index (χ1n) is 7.44. The molecule has 0 bridgehead atoms. The maximum atomic E-state index is 14.2. The summed E-state index contributed by atoms with van der Waals surface area (Å²) in [5.41, 5.74) is 1.95. The lowest BCUT2D eigenvalue weighted by Gasteiger charge is -2.20. The molecule has 1 N–H and O–H groups in total. The number of hydrogen-bond donors (Lipinski definition) is 1. The second-order valence-corrected chi connectivity index (χ2v) is 5.99. The molecule has 0 aliphatic heterocycles. The van der Waals surface area contributed by atoms with E-state index in [1.807, 2.05) is 13.0 Å². The van der Waals surface area contributed by atoms with Gasteiger partial charge in [-0.25, -0.2) is 4.39 Å². The van der Waals surface area contributed by atoms with Gasteiger partial charge in [-0.2, -0.15) is 0 Å². The number of halogens is 2. The van der Waals surface area contributed by atoms with Crippen molar-refractivity contribution in [3.05, 3.63) is 70.5 Å². The van der Waals surface area contributed by atoms with E-state index < -0.39 is 0 Å². The molecule has 110 valence electrons. The Kier molecular flexibility index (Phi) is 4.27. The van der Waals surface area contributed by atoms with E-state index in [4.69, 9.17) is 11.6 Å². The molecule has 3 unspecified atom stereocenters. The fourth-order valence-electron chi connectivity index (χ4n) is 3.16. The molecule has 21 heavy (non-hydrogen) atoms. The predicted octanol–water partition coefficient (Wildman–Crippen LogP) is 4.93. The van der Waals surface area contributed by atoms with Gasteiger partial charge in [-0.05, 0) is 42.5 Å². The largest absolute Gasteiger partial charge is 0.310 e. The van der Waals surface area contributed by atoms with Crippen molar-refractivity contribution in [1.82, 2.24) is 5.32 Å². The zero-order valence-corrected chi connectivity index (χ0v) is 12.8. The summed E-state index contributed by atoms with van der Waals surface area (Å²) in [6, 6.07) is 15.3.